The first-order chi connectivity index (χ1) is 7.34. The zero-order chi connectivity index (χ0) is 12.0. The van der Waals surface area contributed by atoms with Gasteiger partial charge in [0.1, 0.15) is 0 Å². The second kappa shape index (κ2) is 3.62. The Labute approximate surface area is 95.2 Å². The highest BCUT2D eigenvalue weighted by atomic mass is 35.5. The zero-order valence-corrected chi connectivity index (χ0v) is 9.00. The number of aryl methyl sites for hydroxylation is 1. The Bertz CT molecular complexity index is 413. The summed E-state index contributed by atoms with van der Waals surface area (Å²) in [5.41, 5.74) is -3.17. The number of halogens is 5. The first-order valence-electron chi connectivity index (χ1n) is 4.89. The molecule has 1 aromatic carbocycles. The second-order valence-corrected chi connectivity index (χ2v) is 4.39. The first-order valence-corrected chi connectivity index (χ1v) is 5.27. The van der Waals surface area contributed by atoms with E-state index in [-0.39, 0.29) is 17.0 Å². The highest BCUT2D eigenvalue weighted by Gasteiger charge is 2.58. The quantitative estimate of drug-likeness (QED) is 0.600. The lowest BCUT2D eigenvalue weighted by molar-refractivity contribution is -0.240. The predicted molar refractivity (Wildman–Crippen MR) is 53.2 cm³/mol. The number of benzene rings is 1. The van der Waals surface area contributed by atoms with E-state index in [0.717, 1.165) is 6.07 Å². The van der Waals surface area contributed by atoms with Gasteiger partial charge < -0.3 is 0 Å². The van der Waals surface area contributed by atoms with Crippen molar-refractivity contribution < 1.29 is 17.6 Å². The van der Waals surface area contributed by atoms with Crippen LogP contribution in [0.2, 0.25) is 5.02 Å². The number of hydrogen-bond acceptors (Lipinski definition) is 0. The van der Waals surface area contributed by atoms with E-state index in [9.17, 15) is 17.6 Å². The standard InChI is InChI=1S/C11H9ClF4/c12-8-4-3-7-2-1-5-10(13,9(7)6-8)11(14,15)16/h3-4,6H,1-2,5H2. The Morgan fingerprint density at radius 1 is 1.25 bits per heavy atom. The van der Waals surface area contributed by atoms with Crippen LogP contribution in [0.15, 0.2) is 18.2 Å². The lowest BCUT2D eigenvalue weighted by Crippen LogP contribution is -2.41. The SMILES string of the molecule is FC(F)(F)C1(F)CCCc2ccc(Cl)cc21. The molecule has 1 unspecified atom stereocenters. The van der Waals surface area contributed by atoms with Gasteiger partial charge in [-0.05, 0) is 37.0 Å². The molecule has 0 aliphatic heterocycles. The van der Waals surface area contributed by atoms with Gasteiger partial charge in [-0.25, -0.2) is 4.39 Å². The van der Waals surface area contributed by atoms with E-state index < -0.39 is 18.3 Å². The molecule has 0 saturated carbocycles. The van der Waals surface area contributed by atoms with Crippen LogP contribution < -0.4 is 0 Å². The lowest BCUT2D eigenvalue weighted by atomic mass is 9.80. The summed E-state index contributed by atoms with van der Waals surface area (Å²) in [6.45, 7) is 0. The number of hydrogen-bond donors (Lipinski definition) is 0. The van der Waals surface area contributed by atoms with Crippen molar-refractivity contribution >= 4 is 11.6 Å². The summed E-state index contributed by atoms with van der Waals surface area (Å²) in [7, 11) is 0. The van der Waals surface area contributed by atoms with Crippen LogP contribution >= 0.6 is 11.6 Å². The minimum Gasteiger partial charge on any atom is -0.229 e. The minimum atomic E-state index is -4.88. The molecule has 1 atom stereocenters. The zero-order valence-electron chi connectivity index (χ0n) is 8.24. The molecular formula is C11H9ClF4. The number of alkyl halides is 4. The molecule has 1 aromatic rings. The smallest absolute Gasteiger partial charge is 0.229 e. The van der Waals surface area contributed by atoms with Crippen molar-refractivity contribution in [1.29, 1.82) is 0 Å². The van der Waals surface area contributed by atoms with E-state index in [0.29, 0.717) is 12.0 Å². The summed E-state index contributed by atoms with van der Waals surface area (Å²) in [5, 5.41) is 0.131. The first kappa shape index (κ1) is 11.7. The van der Waals surface area contributed by atoms with Crippen LogP contribution in [0.4, 0.5) is 17.6 Å². The molecule has 0 radical (unpaired) electrons. The minimum absolute atomic E-state index is 0.131. The van der Waals surface area contributed by atoms with E-state index in [1.54, 1.807) is 0 Å². The van der Waals surface area contributed by atoms with Crippen LogP contribution in [0.3, 0.4) is 0 Å². The van der Waals surface area contributed by atoms with Gasteiger partial charge in [-0.1, -0.05) is 17.7 Å². The fourth-order valence-corrected chi connectivity index (χ4v) is 2.26. The molecule has 16 heavy (non-hydrogen) atoms. The molecule has 0 amide bonds. The van der Waals surface area contributed by atoms with Gasteiger partial charge in [0, 0.05) is 10.6 Å². The molecule has 1 aliphatic rings. The van der Waals surface area contributed by atoms with E-state index >= 15 is 0 Å². The summed E-state index contributed by atoms with van der Waals surface area (Å²) < 4.78 is 52.2. The third kappa shape index (κ3) is 1.69. The largest absolute Gasteiger partial charge is 0.426 e. The van der Waals surface area contributed by atoms with Crippen LogP contribution in [0.1, 0.15) is 24.0 Å². The molecule has 0 nitrogen and oxygen atoms in total. The van der Waals surface area contributed by atoms with Gasteiger partial charge >= 0.3 is 6.18 Å². The highest BCUT2D eigenvalue weighted by Crippen LogP contribution is 2.50. The average Bonchev–Trinajstić information content (AvgIpc) is 2.18. The van der Waals surface area contributed by atoms with E-state index in [2.05, 4.69) is 0 Å². The number of fused-ring (bicyclic) bond motifs is 1. The molecule has 0 fully saturated rings. The van der Waals surface area contributed by atoms with E-state index in [4.69, 9.17) is 11.6 Å². The topological polar surface area (TPSA) is 0 Å². The molecule has 2 rings (SSSR count). The Morgan fingerprint density at radius 2 is 1.94 bits per heavy atom. The Kier molecular flexibility index (Phi) is 2.65. The van der Waals surface area contributed by atoms with E-state index in [1.807, 2.05) is 0 Å². The molecular weight excluding hydrogens is 244 g/mol. The van der Waals surface area contributed by atoms with Crippen molar-refractivity contribution in [1.82, 2.24) is 0 Å². The molecule has 0 heterocycles. The molecule has 0 saturated heterocycles. The fraction of sp³-hybridized carbons (Fsp3) is 0.455. The van der Waals surface area contributed by atoms with Crippen LogP contribution in [0, 0.1) is 0 Å². The van der Waals surface area contributed by atoms with Crippen LogP contribution in [-0.2, 0) is 12.1 Å². The van der Waals surface area contributed by atoms with Crippen LogP contribution in [0.25, 0.3) is 0 Å². The van der Waals surface area contributed by atoms with E-state index in [1.165, 1.54) is 12.1 Å². The average molecular weight is 253 g/mol. The van der Waals surface area contributed by atoms with Crippen LogP contribution in [0.5, 0.6) is 0 Å². The Morgan fingerprint density at radius 3 is 2.56 bits per heavy atom. The molecule has 0 spiro atoms. The normalized spacial score (nSPS) is 25.3. The Balaban J connectivity index is 2.59. The monoisotopic (exact) mass is 252 g/mol. The van der Waals surface area contributed by atoms with Crippen molar-refractivity contribution in [3.63, 3.8) is 0 Å². The van der Waals surface area contributed by atoms with Crippen molar-refractivity contribution in [2.45, 2.75) is 31.1 Å². The maximum atomic E-state index is 14.1. The third-order valence-electron chi connectivity index (χ3n) is 2.92. The van der Waals surface area contributed by atoms with Gasteiger partial charge in [-0.3, -0.25) is 0 Å². The van der Waals surface area contributed by atoms with Crippen molar-refractivity contribution in [2.75, 3.05) is 0 Å². The molecule has 0 N–H and O–H groups in total. The van der Waals surface area contributed by atoms with Gasteiger partial charge in [0.05, 0.1) is 0 Å². The molecule has 0 aromatic heterocycles. The van der Waals surface area contributed by atoms with Crippen LogP contribution in [-0.4, -0.2) is 6.18 Å². The summed E-state index contributed by atoms with van der Waals surface area (Å²) in [4.78, 5) is 0. The van der Waals surface area contributed by atoms with Gasteiger partial charge in [-0.2, -0.15) is 13.2 Å². The second-order valence-electron chi connectivity index (χ2n) is 3.95. The molecule has 1 aliphatic carbocycles. The third-order valence-corrected chi connectivity index (χ3v) is 3.15. The van der Waals surface area contributed by atoms with Crippen molar-refractivity contribution in [3.8, 4) is 0 Å². The van der Waals surface area contributed by atoms with Gasteiger partial charge in [-0.15, -0.1) is 0 Å². The predicted octanol–water partition coefficient (Wildman–Crippen LogP) is 4.40. The molecule has 0 bridgehead atoms. The molecule has 88 valence electrons. The summed E-state index contributed by atoms with van der Waals surface area (Å²) >= 11 is 5.62. The van der Waals surface area contributed by atoms with Gasteiger partial charge in [0.15, 0.2) is 0 Å². The van der Waals surface area contributed by atoms with Crippen molar-refractivity contribution in [3.05, 3.63) is 34.3 Å². The fourth-order valence-electron chi connectivity index (χ4n) is 2.09. The van der Waals surface area contributed by atoms with Gasteiger partial charge in [0.2, 0.25) is 5.67 Å². The highest BCUT2D eigenvalue weighted by molar-refractivity contribution is 6.30. The summed E-state index contributed by atoms with van der Waals surface area (Å²) in [5.74, 6) is 0. The maximum Gasteiger partial charge on any atom is 0.426 e. The summed E-state index contributed by atoms with van der Waals surface area (Å²) in [6.07, 6.45) is -4.74. The lowest BCUT2D eigenvalue weighted by Gasteiger charge is -2.33. The summed E-state index contributed by atoms with van der Waals surface area (Å²) in [6, 6.07) is 4.04. The number of rotatable bonds is 0. The maximum absolute atomic E-state index is 14.1. The van der Waals surface area contributed by atoms with Gasteiger partial charge in [0.25, 0.3) is 0 Å². The van der Waals surface area contributed by atoms with Crippen molar-refractivity contribution in [2.24, 2.45) is 0 Å². The Hall–Kier alpha value is -0.770. The molecule has 5 heteroatoms.